The molecule has 27 heavy (non-hydrogen) atoms. The number of aromatic amines is 2. The van der Waals surface area contributed by atoms with Crippen LogP contribution in [0.1, 0.15) is 30.5 Å². The normalized spacial score (nSPS) is 15.6. The van der Waals surface area contributed by atoms with Gasteiger partial charge >= 0.3 is 5.69 Å². The summed E-state index contributed by atoms with van der Waals surface area (Å²) in [5, 5.41) is 2.84. The Balaban J connectivity index is 1.57. The lowest BCUT2D eigenvalue weighted by atomic mass is 9.93. The van der Waals surface area contributed by atoms with Crippen LogP contribution in [-0.4, -0.2) is 26.7 Å². The number of carbonyl (C=O) groups is 2. The van der Waals surface area contributed by atoms with Gasteiger partial charge in [0.1, 0.15) is 0 Å². The predicted octanol–water partition coefficient (Wildman–Crippen LogP) is 2.76. The lowest BCUT2D eigenvalue weighted by molar-refractivity contribution is -0.129. The zero-order chi connectivity index (χ0) is 19.0. The number of benzene rings is 2. The van der Waals surface area contributed by atoms with Crippen LogP contribution in [-0.2, 0) is 9.59 Å². The van der Waals surface area contributed by atoms with Gasteiger partial charge in [0, 0.05) is 18.8 Å². The molecule has 1 aromatic heterocycles. The second kappa shape index (κ2) is 6.60. The second-order valence-electron chi connectivity index (χ2n) is 6.48. The molecule has 0 spiro atoms. The first-order valence-electron chi connectivity index (χ1n) is 8.59. The summed E-state index contributed by atoms with van der Waals surface area (Å²) in [5.74, 6) is -0.335. The Morgan fingerprint density at radius 2 is 1.89 bits per heavy atom. The molecule has 0 saturated carbocycles. The Bertz CT molecular complexity index is 1130. The van der Waals surface area contributed by atoms with E-state index >= 15 is 0 Å². The minimum Gasteiger partial charge on any atom is -0.326 e. The highest BCUT2D eigenvalue weighted by Gasteiger charge is 2.28. The number of nitrogens with zero attached hydrogens (tertiary/aromatic N) is 1. The maximum atomic E-state index is 12.6. The van der Waals surface area contributed by atoms with Crippen LogP contribution in [0.15, 0.2) is 53.5 Å². The van der Waals surface area contributed by atoms with Crippen molar-refractivity contribution in [1.82, 2.24) is 14.9 Å². The highest BCUT2D eigenvalue weighted by Crippen LogP contribution is 2.33. The van der Waals surface area contributed by atoms with Crippen LogP contribution in [0.2, 0.25) is 0 Å². The van der Waals surface area contributed by atoms with Crippen LogP contribution >= 0.6 is 0 Å². The Kier molecular flexibility index (Phi) is 4.12. The molecule has 0 radical (unpaired) electrons. The Morgan fingerprint density at radius 1 is 1.11 bits per heavy atom. The average Bonchev–Trinajstić information content (AvgIpc) is 3.01. The minimum atomic E-state index is -0.362. The molecule has 7 heteroatoms. The Labute approximate surface area is 154 Å². The number of nitrogens with one attached hydrogen (secondary N) is 3. The molecule has 3 N–H and O–H groups in total. The smallest absolute Gasteiger partial charge is 0.323 e. The minimum absolute atomic E-state index is 0.120. The number of H-pyrrole nitrogens is 2. The number of rotatable bonds is 3. The molecule has 7 nitrogen and oxygen atoms in total. The quantitative estimate of drug-likeness (QED) is 0.668. The summed E-state index contributed by atoms with van der Waals surface area (Å²) in [6.07, 6.45) is 3.73. The molecule has 136 valence electrons. The van der Waals surface area contributed by atoms with E-state index in [1.54, 1.807) is 29.3 Å². The third kappa shape index (κ3) is 3.27. The summed E-state index contributed by atoms with van der Waals surface area (Å²) in [4.78, 5) is 42.9. The van der Waals surface area contributed by atoms with E-state index in [1.807, 2.05) is 30.3 Å². The summed E-state index contributed by atoms with van der Waals surface area (Å²) in [6, 6.07) is 12.5. The van der Waals surface area contributed by atoms with Crippen LogP contribution in [0.5, 0.6) is 0 Å². The van der Waals surface area contributed by atoms with Gasteiger partial charge < -0.3 is 20.2 Å². The van der Waals surface area contributed by atoms with Crippen LogP contribution in [0.4, 0.5) is 5.69 Å². The zero-order valence-electron chi connectivity index (χ0n) is 14.7. The van der Waals surface area contributed by atoms with Crippen molar-refractivity contribution in [1.29, 1.82) is 0 Å². The first-order valence-corrected chi connectivity index (χ1v) is 8.59. The number of carbonyl (C=O) groups excluding carboxylic acids is 2. The van der Waals surface area contributed by atoms with E-state index in [0.29, 0.717) is 16.7 Å². The topological polar surface area (TPSA) is 98.1 Å². The van der Waals surface area contributed by atoms with Gasteiger partial charge in [0.2, 0.25) is 11.8 Å². The first-order chi connectivity index (χ1) is 13.0. The molecule has 1 atom stereocenters. The number of amides is 2. The predicted molar refractivity (Wildman–Crippen MR) is 103 cm³/mol. The van der Waals surface area contributed by atoms with E-state index in [4.69, 9.17) is 0 Å². The summed E-state index contributed by atoms with van der Waals surface area (Å²) < 4.78 is 0. The van der Waals surface area contributed by atoms with Gasteiger partial charge in [-0.3, -0.25) is 9.59 Å². The van der Waals surface area contributed by atoms with Crippen molar-refractivity contribution in [3.63, 3.8) is 0 Å². The molecule has 0 fully saturated rings. The maximum Gasteiger partial charge on any atom is 0.323 e. The second-order valence-corrected chi connectivity index (χ2v) is 6.48. The van der Waals surface area contributed by atoms with Gasteiger partial charge in [0.05, 0.1) is 23.5 Å². The van der Waals surface area contributed by atoms with E-state index in [1.165, 1.54) is 6.92 Å². The fourth-order valence-corrected chi connectivity index (χ4v) is 3.41. The van der Waals surface area contributed by atoms with E-state index in [9.17, 15) is 14.4 Å². The fraction of sp³-hybridized carbons (Fsp3) is 0.150. The monoisotopic (exact) mass is 362 g/mol. The molecule has 0 bridgehead atoms. The summed E-state index contributed by atoms with van der Waals surface area (Å²) in [7, 11) is 0. The van der Waals surface area contributed by atoms with Gasteiger partial charge in [-0.2, -0.15) is 0 Å². The Hall–Kier alpha value is -3.61. The molecule has 0 saturated heterocycles. The highest BCUT2D eigenvalue weighted by molar-refractivity contribution is 5.94. The number of fused-ring (bicyclic) bond motifs is 2. The van der Waals surface area contributed by atoms with Crippen molar-refractivity contribution in [2.24, 2.45) is 0 Å². The zero-order valence-corrected chi connectivity index (χ0v) is 14.7. The Morgan fingerprint density at radius 3 is 2.70 bits per heavy atom. The SMILES string of the molecule is CC(=O)N1C=Cc2ccccc2C1CC(=O)Nc1ccc2[nH]c(=O)[nH]c2c1. The summed E-state index contributed by atoms with van der Waals surface area (Å²) in [6.45, 7) is 1.49. The van der Waals surface area contributed by atoms with Crippen LogP contribution in [0, 0.1) is 0 Å². The third-order valence-corrected chi connectivity index (χ3v) is 4.65. The molecule has 3 aromatic rings. The van der Waals surface area contributed by atoms with Crippen molar-refractivity contribution < 1.29 is 9.59 Å². The number of imidazole rings is 1. The number of hydrogen-bond acceptors (Lipinski definition) is 3. The van der Waals surface area contributed by atoms with Gasteiger partial charge in [-0.05, 0) is 35.4 Å². The summed E-state index contributed by atoms with van der Waals surface area (Å²) in [5.41, 5.74) is 3.52. The summed E-state index contributed by atoms with van der Waals surface area (Å²) >= 11 is 0. The number of anilines is 1. The van der Waals surface area contributed by atoms with E-state index in [-0.39, 0.29) is 30.0 Å². The van der Waals surface area contributed by atoms with Crippen LogP contribution < -0.4 is 11.0 Å². The van der Waals surface area contributed by atoms with Crippen LogP contribution in [0.3, 0.4) is 0 Å². The number of aromatic nitrogens is 2. The van der Waals surface area contributed by atoms with Crippen molar-refractivity contribution in [2.45, 2.75) is 19.4 Å². The van der Waals surface area contributed by atoms with Gasteiger partial charge in [-0.15, -0.1) is 0 Å². The standard InChI is InChI=1S/C20H18N4O3/c1-12(25)24-9-8-13-4-2-3-5-15(13)18(24)11-19(26)21-14-6-7-16-17(10-14)23-20(27)22-16/h2-10,18H,11H2,1H3,(H,21,26)(H2,22,23,27). The van der Waals surface area contributed by atoms with Gasteiger partial charge in [-0.25, -0.2) is 4.79 Å². The van der Waals surface area contributed by atoms with Gasteiger partial charge in [0.15, 0.2) is 0 Å². The molecule has 1 unspecified atom stereocenters. The maximum absolute atomic E-state index is 12.6. The third-order valence-electron chi connectivity index (χ3n) is 4.65. The molecule has 0 aliphatic carbocycles. The van der Waals surface area contributed by atoms with Gasteiger partial charge in [0.25, 0.3) is 0 Å². The van der Waals surface area contributed by atoms with E-state index < -0.39 is 0 Å². The van der Waals surface area contributed by atoms with Crippen molar-refractivity contribution >= 4 is 34.6 Å². The molecule has 4 rings (SSSR count). The van der Waals surface area contributed by atoms with E-state index in [0.717, 1.165) is 11.1 Å². The van der Waals surface area contributed by atoms with Gasteiger partial charge in [-0.1, -0.05) is 24.3 Å². The molecule has 2 amide bonds. The van der Waals surface area contributed by atoms with Crippen molar-refractivity contribution in [2.75, 3.05) is 5.32 Å². The molecule has 2 heterocycles. The lowest BCUT2D eigenvalue weighted by Crippen LogP contribution is -2.33. The number of hydrogen-bond donors (Lipinski definition) is 3. The molecular formula is C20H18N4O3. The fourth-order valence-electron chi connectivity index (χ4n) is 3.41. The van der Waals surface area contributed by atoms with E-state index in [2.05, 4.69) is 15.3 Å². The molecule has 1 aliphatic rings. The first kappa shape index (κ1) is 16.8. The molecule has 2 aromatic carbocycles. The van der Waals surface area contributed by atoms with Crippen molar-refractivity contribution in [3.05, 3.63) is 70.3 Å². The average molecular weight is 362 g/mol. The largest absolute Gasteiger partial charge is 0.326 e. The molecular weight excluding hydrogens is 344 g/mol. The lowest BCUT2D eigenvalue weighted by Gasteiger charge is -2.32. The molecule has 1 aliphatic heterocycles. The highest BCUT2D eigenvalue weighted by atomic mass is 16.2. The van der Waals surface area contributed by atoms with Crippen LogP contribution in [0.25, 0.3) is 17.1 Å². The van der Waals surface area contributed by atoms with Crippen molar-refractivity contribution in [3.8, 4) is 0 Å².